The van der Waals surface area contributed by atoms with E-state index in [2.05, 4.69) is 10.3 Å². The van der Waals surface area contributed by atoms with Crippen LogP contribution in [0, 0.1) is 6.92 Å². The van der Waals surface area contributed by atoms with E-state index in [-0.39, 0.29) is 24.4 Å². The van der Waals surface area contributed by atoms with Gasteiger partial charge in [0.05, 0.1) is 21.8 Å². The van der Waals surface area contributed by atoms with E-state index in [1.807, 2.05) is 13.0 Å². The Kier molecular flexibility index (Phi) is 4.31. The van der Waals surface area contributed by atoms with Crippen LogP contribution in [-0.4, -0.2) is 34.2 Å². The third-order valence-electron chi connectivity index (χ3n) is 3.73. The molecule has 2 heterocycles. The SMILES string of the molecule is Cc1ccc(NC(=O)CCN2C(=O)c3ccncc3C2=O)c(Cl)c1. The Balaban J connectivity index is 1.63. The van der Waals surface area contributed by atoms with Gasteiger partial charge in [-0.25, -0.2) is 0 Å². The molecule has 1 aromatic carbocycles. The minimum Gasteiger partial charge on any atom is -0.325 e. The molecular weight excluding hydrogens is 330 g/mol. The molecule has 0 aliphatic carbocycles. The van der Waals surface area contributed by atoms with E-state index >= 15 is 0 Å². The summed E-state index contributed by atoms with van der Waals surface area (Å²) in [7, 11) is 0. The largest absolute Gasteiger partial charge is 0.325 e. The number of aromatic nitrogens is 1. The van der Waals surface area contributed by atoms with Gasteiger partial charge in [0.2, 0.25) is 5.91 Å². The summed E-state index contributed by atoms with van der Waals surface area (Å²) < 4.78 is 0. The van der Waals surface area contributed by atoms with Gasteiger partial charge < -0.3 is 5.32 Å². The first-order valence-corrected chi connectivity index (χ1v) is 7.71. The van der Waals surface area contributed by atoms with Crippen LogP contribution in [0.25, 0.3) is 0 Å². The molecule has 0 atom stereocenters. The first-order chi connectivity index (χ1) is 11.5. The van der Waals surface area contributed by atoms with Crippen LogP contribution in [0.15, 0.2) is 36.7 Å². The van der Waals surface area contributed by atoms with E-state index in [0.29, 0.717) is 16.3 Å². The zero-order valence-electron chi connectivity index (χ0n) is 12.9. The number of hydrogen-bond acceptors (Lipinski definition) is 4. The number of fused-ring (bicyclic) bond motifs is 1. The molecule has 0 saturated carbocycles. The smallest absolute Gasteiger partial charge is 0.263 e. The Bertz CT molecular complexity index is 816. The molecule has 1 N–H and O–H groups in total. The number of benzene rings is 1. The monoisotopic (exact) mass is 343 g/mol. The lowest BCUT2D eigenvalue weighted by Gasteiger charge is -2.14. The summed E-state index contributed by atoms with van der Waals surface area (Å²) in [5.41, 5.74) is 2.07. The molecule has 2 aromatic rings. The van der Waals surface area contributed by atoms with Crippen molar-refractivity contribution in [3.05, 3.63) is 58.4 Å². The molecule has 3 rings (SSSR count). The van der Waals surface area contributed by atoms with Crippen molar-refractivity contribution < 1.29 is 14.4 Å². The van der Waals surface area contributed by atoms with Crippen LogP contribution >= 0.6 is 11.6 Å². The molecule has 6 nitrogen and oxygen atoms in total. The molecule has 0 fully saturated rings. The standard InChI is InChI=1S/C17H14ClN3O3/c1-10-2-3-14(13(18)8-10)20-15(22)5-7-21-16(23)11-4-6-19-9-12(11)17(21)24/h2-4,6,8-9H,5,7H2,1H3,(H,20,22). The number of imide groups is 1. The number of halogens is 1. The Morgan fingerprint density at radius 1 is 1.21 bits per heavy atom. The van der Waals surface area contributed by atoms with Crippen molar-refractivity contribution in [3.63, 3.8) is 0 Å². The highest BCUT2D eigenvalue weighted by molar-refractivity contribution is 6.33. The second kappa shape index (κ2) is 6.41. The summed E-state index contributed by atoms with van der Waals surface area (Å²) in [6.07, 6.45) is 2.81. The average Bonchev–Trinajstić information content (AvgIpc) is 2.80. The number of pyridine rings is 1. The molecule has 24 heavy (non-hydrogen) atoms. The number of anilines is 1. The van der Waals surface area contributed by atoms with E-state index in [1.165, 1.54) is 18.5 Å². The van der Waals surface area contributed by atoms with Gasteiger partial charge in [-0.3, -0.25) is 24.3 Å². The molecule has 122 valence electrons. The van der Waals surface area contributed by atoms with E-state index in [0.717, 1.165) is 10.5 Å². The van der Waals surface area contributed by atoms with Crippen LogP contribution < -0.4 is 5.32 Å². The summed E-state index contributed by atoms with van der Waals surface area (Å²) in [5, 5.41) is 3.12. The van der Waals surface area contributed by atoms with Crippen molar-refractivity contribution in [1.82, 2.24) is 9.88 Å². The van der Waals surface area contributed by atoms with Crippen molar-refractivity contribution in [2.75, 3.05) is 11.9 Å². The van der Waals surface area contributed by atoms with Gasteiger partial charge in [-0.15, -0.1) is 0 Å². The molecule has 7 heteroatoms. The van der Waals surface area contributed by atoms with Crippen molar-refractivity contribution in [1.29, 1.82) is 0 Å². The lowest BCUT2D eigenvalue weighted by molar-refractivity contribution is -0.116. The number of amides is 3. The van der Waals surface area contributed by atoms with Crippen molar-refractivity contribution in [2.45, 2.75) is 13.3 Å². The van der Waals surface area contributed by atoms with Crippen molar-refractivity contribution in [2.24, 2.45) is 0 Å². The van der Waals surface area contributed by atoms with Crippen LogP contribution in [-0.2, 0) is 4.79 Å². The molecule has 1 aliphatic heterocycles. The maximum atomic E-state index is 12.2. The summed E-state index contributed by atoms with van der Waals surface area (Å²) >= 11 is 6.07. The number of carbonyl (C=O) groups is 3. The fourth-order valence-electron chi connectivity index (χ4n) is 2.49. The molecule has 0 bridgehead atoms. The van der Waals surface area contributed by atoms with Gasteiger partial charge in [0.25, 0.3) is 11.8 Å². The molecular formula is C17H14ClN3O3. The van der Waals surface area contributed by atoms with Gasteiger partial charge in [-0.1, -0.05) is 17.7 Å². The van der Waals surface area contributed by atoms with E-state index in [1.54, 1.807) is 12.1 Å². The first-order valence-electron chi connectivity index (χ1n) is 7.33. The minimum absolute atomic E-state index is 0.00165. The van der Waals surface area contributed by atoms with Crippen LogP contribution in [0.2, 0.25) is 5.02 Å². The fourth-order valence-corrected chi connectivity index (χ4v) is 2.77. The number of aryl methyl sites for hydroxylation is 1. The zero-order valence-corrected chi connectivity index (χ0v) is 13.6. The van der Waals surface area contributed by atoms with Gasteiger partial charge >= 0.3 is 0 Å². The summed E-state index contributed by atoms with van der Waals surface area (Å²) in [5.74, 6) is -1.15. The second-order valence-electron chi connectivity index (χ2n) is 5.46. The lowest BCUT2D eigenvalue weighted by Crippen LogP contribution is -2.32. The topological polar surface area (TPSA) is 79.4 Å². The predicted molar refractivity (Wildman–Crippen MR) is 89.0 cm³/mol. The van der Waals surface area contributed by atoms with E-state index < -0.39 is 11.8 Å². The minimum atomic E-state index is -0.427. The number of nitrogens with one attached hydrogen (secondary N) is 1. The molecule has 1 aromatic heterocycles. The molecule has 0 radical (unpaired) electrons. The maximum Gasteiger partial charge on any atom is 0.263 e. The quantitative estimate of drug-likeness (QED) is 0.865. The van der Waals surface area contributed by atoms with Gasteiger partial charge in [-0.05, 0) is 30.7 Å². The Morgan fingerprint density at radius 3 is 2.67 bits per heavy atom. The van der Waals surface area contributed by atoms with Crippen molar-refractivity contribution in [3.8, 4) is 0 Å². The van der Waals surface area contributed by atoms with Gasteiger partial charge in [0.15, 0.2) is 0 Å². The third-order valence-corrected chi connectivity index (χ3v) is 4.05. The Hall–Kier alpha value is -2.73. The summed E-state index contributed by atoms with van der Waals surface area (Å²) in [6, 6.07) is 6.79. The lowest BCUT2D eigenvalue weighted by atomic mass is 10.2. The fraction of sp³-hybridized carbons (Fsp3) is 0.176. The van der Waals surface area contributed by atoms with Gasteiger partial charge in [-0.2, -0.15) is 0 Å². The molecule has 0 unspecified atom stereocenters. The maximum absolute atomic E-state index is 12.2. The zero-order chi connectivity index (χ0) is 17.3. The predicted octanol–water partition coefficient (Wildman–Crippen LogP) is 2.67. The molecule has 0 saturated heterocycles. The first kappa shape index (κ1) is 16.1. The van der Waals surface area contributed by atoms with Crippen LogP contribution in [0.4, 0.5) is 5.69 Å². The Morgan fingerprint density at radius 2 is 1.96 bits per heavy atom. The molecule has 0 spiro atoms. The molecule has 1 aliphatic rings. The van der Waals surface area contributed by atoms with Crippen LogP contribution in [0.5, 0.6) is 0 Å². The number of carbonyl (C=O) groups excluding carboxylic acids is 3. The summed E-state index contributed by atoms with van der Waals surface area (Å²) in [6.45, 7) is 1.90. The Labute approximate surface area is 143 Å². The third kappa shape index (κ3) is 3.00. The van der Waals surface area contributed by atoms with Crippen LogP contribution in [0.1, 0.15) is 32.7 Å². The highest BCUT2D eigenvalue weighted by Crippen LogP contribution is 2.24. The average molecular weight is 344 g/mol. The van der Waals surface area contributed by atoms with Crippen molar-refractivity contribution >= 4 is 35.0 Å². The van der Waals surface area contributed by atoms with E-state index in [9.17, 15) is 14.4 Å². The number of hydrogen-bond donors (Lipinski definition) is 1. The van der Waals surface area contributed by atoms with Crippen LogP contribution in [0.3, 0.4) is 0 Å². The number of rotatable bonds is 4. The van der Waals surface area contributed by atoms with E-state index in [4.69, 9.17) is 11.6 Å². The van der Waals surface area contributed by atoms with Gasteiger partial charge in [0.1, 0.15) is 0 Å². The van der Waals surface area contributed by atoms with Gasteiger partial charge in [0, 0.05) is 25.4 Å². The second-order valence-corrected chi connectivity index (χ2v) is 5.87. The number of nitrogens with zero attached hydrogens (tertiary/aromatic N) is 2. The highest BCUT2D eigenvalue weighted by Gasteiger charge is 2.35. The summed E-state index contributed by atoms with van der Waals surface area (Å²) in [4.78, 5) is 41.3. The normalized spacial score (nSPS) is 13.2. The highest BCUT2D eigenvalue weighted by atomic mass is 35.5. The molecule has 3 amide bonds.